The number of ether oxygens (including phenoxy) is 2. The molecule has 2 aromatic carbocycles. The van der Waals surface area contributed by atoms with Gasteiger partial charge in [0.05, 0.1) is 18.9 Å². The molecule has 0 spiro atoms. The molecule has 154 valence electrons. The molecule has 2 amide bonds. The number of hydrogen-bond donors (Lipinski definition) is 2. The van der Waals surface area contributed by atoms with Crippen molar-refractivity contribution in [2.45, 2.75) is 18.9 Å². The Morgan fingerprint density at radius 2 is 1.83 bits per heavy atom. The van der Waals surface area contributed by atoms with E-state index in [1.165, 1.54) is 0 Å². The Hall–Kier alpha value is -3.35. The second kappa shape index (κ2) is 7.16. The third kappa shape index (κ3) is 3.10. The maximum atomic E-state index is 12.8. The number of methoxy groups -OCH3 is 1. The predicted molar refractivity (Wildman–Crippen MR) is 109 cm³/mol. The van der Waals surface area contributed by atoms with Crippen LogP contribution in [0.3, 0.4) is 0 Å². The smallest absolute Gasteiger partial charge is 0.310 e. The zero-order valence-electron chi connectivity index (χ0n) is 16.5. The van der Waals surface area contributed by atoms with Crippen LogP contribution in [0, 0.1) is 23.7 Å². The number of nitrogens with one attached hydrogen (secondary N) is 2. The lowest BCUT2D eigenvalue weighted by atomic mass is 9.79. The summed E-state index contributed by atoms with van der Waals surface area (Å²) in [4.78, 5) is 37.4. The SMILES string of the molecule is COc1cccc(NC(=O)c2ccc(NC(=O)[C@H]3[C@@H]4C[C@H]5[C@@H]3C(=O)O[C@@H]5C4)cc2)c1. The van der Waals surface area contributed by atoms with E-state index in [-0.39, 0.29) is 47.6 Å². The number of anilines is 2. The molecule has 3 fully saturated rings. The Labute approximate surface area is 173 Å². The van der Waals surface area contributed by atoms with Crippen LogP contribution < -0.4 is 15.4 Å². The molecule has 30 heavy (non-hydrogen) atoms. The van der Waals surface area contributed by atoms with Crippen molar-refractivity contribution in [2.24, 2.45) is 23.7 Å². The van der Waals surface area contributed by atoms with Crippen molar-refractivity contribution in [3.05, 3.63) is 54.1 Å². The van der Waals surface area contributed by atoms with Gasteiger partial charge in [0.15, 0.2) is 0 Å². The number of rotatable bonds is 5. The van der Waals surface area contributed by atoms with Gasteiger partial charge in [-0.2, -0.15) is 0 Å². The van der Waals surface area contributed by atoms with Gasteiger partial charge in [-0.3, -0.25) is 14.4 Å². The van der Waals surface area contributed by atoms with Crippen LogP contribution in [0.15, 0.2) is 48.5 Å². The molecule has 0 radical (unpaired) electrons. The molecule has 2 aliphatic carbocycles. The van der Waals surface area contributed by atoms with Crippen molar-refractivity contribution in [1.82, 2.24) is 0 Å². The average molecular weight is 406 g/mol. The zero-order valence-corrected chi connectivity index (χ0v) is 16.5. The van der Waals surface area contributed by atoms with Gasteiger partial charge in [0, 0.05) is 28.9 Å². The molecule has 2 bridgehead atoms. The lowest BCUT2D eigenvalue weighted by Gasteiger charge is -2.23. The molecule has 0 unspecified atom stereocenters. The highest BCUT2D eigenvalue weighted by Gasteiger charge is 2.63. The highest BCUT2D eigenvalue weighted by Crippen LogP contribution is 2.57. The van der Waals surface area contributed by atoms with E-state index < -0.39 is 0 Å². The molecule has 5 atom stereocenters. The van der Waals surface area contributed by atoms with Gasteiger partial charge in [-0.15, -0.1) is 0 Å². The van der Waals surface area contributed by atoms with Crippen molar-refractivity contribution >= 4 is 29.2 Å². The average Bonchev–Trinajstić information content (AvgIpc) is 3.37. The van der Waals surface area contributed by atoms with Gasteiger partial charge in [0.25, 0.3) is 5.91 Å². The van der Waals surface area contributed by atoms with E-state index in [9.17, 15) is 14.4 Å². The minimum Gasteiger partial charge on any atom is -0.497 e. The van der Waals surface area contributed by atoms with Crippen LogP contribution in [-0.4, -0.2) is 31.0 Å². The summed E-state index contributed by atoms with van der Waals surface area (Å²) >= 11 is 0. The van der Waals surface area contributed by atoms with Crippen LogP contribution in [0.2, 0.25) is 0 Å². The molecule has 1 aliphatic heterocycles. The number of carbonyl (C=O) groups excluding carboxylic acids is 3. The van der Waals surface area contributed by atoms with Crippen LogP contribution in [0.1, 0.15) is 23.2 Å². The first-order valence-electron chi connectivity index (χ1n) is 10.1. The molecular formula is C23H22N2O5. The van der Waals surface area contributed by atoms with Crippen molar-refractivity contribution < 1.29 is 23.9 Å². The predicted octanol–water partition coefficient (Wildman–Crippen LogP) is 3.08. The number of carbonyl (C=O) groups is 3. The summed E-state index contributed by atoms with van der Waals surface area (Å²) in [6, 6.07) is 13.8. The fourth-order valence-electron chi connectivity index (χ4n) is 5.20. The third-order valence-corrected chi connectivity index (χ3v) is 6.53. The Morgan fingerprint density at radius 1 is 1.03 bits per heavy atom. The van der Waals surface area contributed by atoms with Gasteiger partial charge in [0.1, 0.15) is 11.9 Å². The normalized spacial score (nSPS) is 28.2. The van der Waals surface area contributed by atoms with Crippen molar-refractivity contribution in [3.63, 3.8) is 0 Å². The quantitative estimate of drug-likeness (QED) is 0.745. The minimum atomic E-state index is -0.322. The van der Waals surface area contributed by atoms with Crippen LogP contribution in [-0.2, 0) is 14.3 Å². The monoisotopic (exact) mass is 406 g/mol. The number of fused-ring (bicyclic) bond motifs is 1. The van der Waals surface area contributed by atoms with E-state index >= 15 is 0 Å². The molecule has 7 heteroatoms. The lowest BCUT2D eigenvalue weighted by Crippen LogP contribution is -2.35. The first-order valence-corrected chi connectivity index (χ1v) is 10.1. The van der Waals surface area contributed by atoms with Gasteiger partial charge in [-0.25, -0.2) is 0 Å². The summed E-state index contributed by atoms with van der Waals surface area (Å²) in [5.74, 6) is -0.185. The molecule has 0 aromatic heterocycles. The zero-order chi connectivity index (χ0) is 20.8. The molecule has 3 aliphatic rings. The summed E-state index contributed by atoms with van der Waals surface area (Å²) in [7, 11) is 1.57. The van der Waals surface area contributed by atoms with Crippen molar-refractivity contribution in [1.29, 1.82) is 0 Å². The molecule has 1 heterocycles. The maximum absolute atomic E-state index is 12.8. The van der Waals surface area contributed by atoms with Gasteiger partial charge in [-0.05, 0) is 55.2 Å². The van der Waals surface area contributed by atoms with Gasteiger partial charge in [0.2, 0.25) is 5.91 Å². The van der Waals surface area contributed by atoms with Crippen LogP contribution in [0.4, 0.5) is 11.4 Å². The Kier molecular flexibility index (Phi) is 4.46. The first kappa shape index (κ1) is 18.7. The topological polar surface area (TPSA) is 93.7 Å². The van der Waals surface area contributed by atoms with Crippen LogP contribution in [0.5, 0.6) is 5.75 Å². The Bertz CT molecular complexity index is 1020. The molecule has 2 aromatic rings. The van der Waals surface area contributed by atoms with E-state index in [1.807, 2.05) is 0 Å². The summed E-state index contributed by atoms with van der Waals surface area (Å²) in [6.45, 7) is 0. The minimum absolute atomic E-state index is 0.0129. The summed E-state index contributed by atoms with van der Waals surface area (Å²) in [6.07, 6.45) is 1.69. The molecule has 7 nitrogen and oxygen atoms in total. The van der Waals surface area contributed by atoms with Crippen molar-refractivity contribution in [2.75, 3.05) is 17.7 Å². The summed E-state index contributed by atoms with van der Waals surface area (Å²) < 4.78 is 10.6. The first-order chi connectivity index (χ1) is 14.5. The van der Waals surface area contributed by atoms with E-state index in [0.717, 1.165) is 12.8 Å². The number of benzene rings is 2. The summed E-state index contributed by atoms with van der Waals surface area (Å²) in [5.41, 5.74) is 1.70. The highest BCUT2D eigenvalue weighted by atomic mass is 16.6. The highest BCUT2D eigenvalue weighted by molar-refractivity contribution is 6.05. The maximum Gasteiger partial charge on any atom is 0.310 e. The lowest BCUT2D eigenvalue weighted by molar-refractivity contribution is -0.145. The number of esters is 1. The standard InChI is InChI=1S/C23H22N2O5/c1-29-16-4-2-3-15(11-16)25-21(26)12-5-7-14(8-6-12)24-22(27)19-13-9-17-18(10-13)30-23(28)20(17)19/h2-8,11,13,17-20H,9-10H2,1H3,(H,24,27)(H,25,26)/t13-,17-,18-,19+,20+/m1/s1. The number of amides is 2. The second-order valence-electron chi connectivity index (χ2n) is 8.17. The molecule has 2 N–H and O–H groups in total. The van der Waals surface area contributed by atoms with E-state index in [1.54, 1.807) is 55.6 Å². The van der Waals surface area contributed by atoms with Gasteiger partial charge >= 0.3 is 5.97 Å². The van der Waals surface area contributed by atoms with Crippen LogP contribution in [0.25, 0.3) is 0 Å². The van der Waals surface area contributed by atoms with E-state index in [2.05, 4.69) is 10.6 Å². The van der Waals surface area contributed by atoms with Crippen molar-refractivity contribution in [3.8, 4) is 5.75 Å². The van der Waals surface area contributed by atoms with E-state index in [4.69, 9.17) is 9.47 Å². The molecule has 2 saturated carbocycles. The fourth-order valence-corrected chi connectivity index (χ4v) is 5.20. The van der Waals surface area contributed by atoms with E-state index in [0.29, 0.717) is 22.7 Å². The fraction of sp³-hybridized carbons (Fsp3) is 0.348. The van der Waals surface area contributed by atoms with Crippen LogP contribution >= 0.6 is 0 Å². The van der Waals surface area contributed by atoms with Gasteiger partial charge < -0.3 is 20.1 Å². The second-order valence-corrected chi connectivity index (χ2v) is 8.17. The Morgan fingerprint density at radius 3 is 2.60 bits per heavy atom. The largest absolute Gasteiger partial charge is 0.497 e. The molecule has 5 rings (SSSR count). The van der Waals surface area contributed by atoms with Gasteiger partial charge in [-0.1, -0.05) is 6.07 Å². The number of hydrogen-bond acceptors (Lipinski definition) is 5. The summed E-state index contributed by atoms with van der Waals surface area (Å²) in [5, 5.41) is 5.73. The third-order valence-electron chi connectivity index (χ3n) is 6.53. The Balaban J connectivity index is 1.23. The molecular weight excluding hydrogens is 384 g/mol. The molecule has 1 saturated heterocycles.